The van der Waals surface area contributed by atoms with Gasteiger partial charge in [-0.25, -0.2) is 18.4 Å². The Bertz CT molecular complexity index is 1660. The molecule has 1 aliphatic heterocycles. The zero-order chi connectivity index (χ0) is 31.6. The number of carbonyl (C=O) groups excluding carboxylic acids is 1. The molecule has 0 atom stereocenters. The van der Waals surface area contributed by atoms with Gasteiger partial charge in [0.25, 0.3) is 15.9 Å². The van der Waals surface area contributed by atoms with Crippen LogP contribution >= 0.6 is 0 Å². The monoisotopic (exact) mass is 629 g/mol. The largest absolute Gasteiger partial charge is 0.455 e. The number of carbonyl (C=O) groups is 1. The van der Waals surface area contributed by atoms with E-state index in [9.17, 15) is 13.2 Å². The number of rotatable bonds is 13. The van der Waals surface area contributed by atoms with Gasteiger partial charge in [0, 0.05) is 82.1 Å². The number of aromatic nitrogens is 2. The smallest absolute Gasteiger partial charge is 0.262 e. The van der Waals surface area contributed by atoms with Crippen molar-refractivity contribution in [2.24, 2.45) is 0 Å². The van der Waals surface area contributed by atoms with Crippen LogP contribution in [-0.4, -0.2) is 81.6 Å². The Labute approximate surface area is 264 Å². The molecule has 0 saturated carbocycles. The number of nitrogens with zero attached hydrogens (tertiary/aromatic N) is 5. The van der Waals surface area contributed by atoms with Gasteiger partial charge in [0.05, 0.1) is 10.6 Å². The predicted octanol–water partition coefficient (Wildman–Crippen LogP) is 4.47. The molecule has 3 aromatic carbocycles. The van der Waals surface area contributed by atoms with Crippen LogP contribution in [0.5, 0.6) is 11.5 Å². The van der Waals surface area contributed by atoms with Crippen molar-refractivity contribution in [1.82, 2.24) is 20.2 Å². The molecule has 0 radical (unpaired) electrons. The van der Waals surface area contributed by atoms with Crippen LogP contribution in [0.1, 0.15) is 24.2 Å². The zero-order valence-corrected chi connectivity index (χ0v) is 26.4. The summed E-state index contributed by atoms with van der Waals surface area (Å²) in [4.78, 5) is 28.1. The van der Waals surface area contributed by atoms with Crippen LogP contribution in [0.15, 0.2) is 96.2 Å². The van der Waals surface area contributed by atoms with Gasteiger partial charge in [-0.3, -0.25) is 14.4 Å². The summed E-state index contributed by atoms with van der Waals surface area (Å²) < 4.78 is 35.3. The van der Waals surface area contributed by atoms with Crippen molar-refractivity contribution >= 4 is 33.3 Å². The maximum absolute atomic E-state index is 13.3. The van der Waals surface area contributed by atoms with Gasteiger partial charge in [0.15, 0.2) is 5.75 Å². The second-order valence-corrected chi connectivity index (χ2v) is 12.2. The molecule has 0 unspecified atom stereocenters. The van der Waals surface area contributed by atoms with E-state index in [-0.39, 0.29) is 10.8 Å². The van der Waals surface area contributed by atoms with Crippen molar-refractivity contribution in [3.05, 3.63) is 96.8 Å². The minimum Gasteiger partial charge on any atom is -0.455 e. The summed E-state index contributed by atoms with van der Waals surface area (Å²) in [5, 5.41) is 2.93. The summed E-state index contributed by atoms with van der Waals surface area (Å²) in [5.74, 6) is 1.46. The summed E-state index contributed by atoms with van der Waals surface area (Å²) in [7, 11) is -3.95. The average Bonchev–Trinajstić information content (AvgIpc) is 3.07. The van der Waals surface area contributed by atoms with Crippen LogP contribution in [0.2, 0.25) is 0 Å². The van der Waals surface area contributed by atoms with Gasteiger partial charge in [0.1, 0.15) is 5.75 Å². The Morgan fingerprint density at radius 3 is 2.31 bits per heavy atom. The maximum atomic E-state index is 13.3. The highest BCUT2D eigenvalue weighted by Crippen LogP contribution is 2.32. The first-order valence-electron chi connectivity index (χ1n) is 15.1. The van der Waals surface area contributed by atoms with E-state index in [4.69, 9.17) is 4.74 Å². The summed E-state index contributed by atoms with van der Waals surface area (Å²) in [6, 6.07) is 22.3. The van der Waals surface area contributed by atoms with Crippen molar-refractivity contribution in [2.75, 3.05) is 66.9 Å². The first-order chi connectivity index (χ1) is 21.9. The Hall–Kier alpha value is -4.68. The molecule has 236 valence electrons. The number of hydrogen-bond acceptors (Lipinski definition) is 9. The number of sulfonamides is 1. The number of para-hydroxylation sites is 2. The predicted molar refractivity (Wildman–Crippen MR) is 177 cm³/mol. The summed E-state index contributed by atoms with van der Waals surface area (Å²) >= 11 is 0. The van der Waals surface area contributed by atoms with Gasteiger partial charge in [0.2, 0.25) is 5.95 Å². The summed E-state index contributed by atoms with van der Waals surface area (Å²) in [5.41, 5.74) is 1.72. The first-order valence-corrected chi connectivity index (χ1v) is 16.6. The van der Waals surface area contributed by atoms with Gasteiger partial charge in [-0.2, -0.15) is 0 Å². The van der Waals surface area contributed by atoms with Crippen LogP contribution in [0.3, 0.4) is 0 Å². The van der Waals surface area contributed by atoms with Gasteiger partial charge >= 0.3 is 0 Å². The lowest BCUT2D eigenvalue weighted by molar-refractivity contribution is 0.0947. The topological polar surface area (TPSA) is 120 Å². The van der Waals surface area contributed by atoms with Crippen LogP contribution in [0.4, 0.5) is 17.3 Å². The molecule has 4 aromatic rings. The molecule has 45 heavy (non-hydrogen) atoms. The molecule has 2 heterocycles. The maximum Gasteiger partial charge on any atom is 0.262 e. The highest BCUT2D eigenvalue weighted by molar-refractivity contribution is 7.92. The van der Waals surface area contributed by atoms with E-state index >= 15 is 0 Å². The molecular weight excluding hydrogens is 590 g/mol. The van der Waals surface area contributed by atoms with E-state index < -0.39 is 10.0 Å². The van der Waals surface area contributed by atoms with Crippen LogP contribution < -0.4 is 24.6 Å². The zero-order valence-electron chi connectivity index (χ0n) is 25.6. The third kappa shape index (κ3) is 8.28. The number of hydrogen-bond donors (Lipinski definition) is 2. The molecule has 1 aromatic heterocycles. The van der Waals surface area contributed by atoms with Crippen molar-refractivity contribution in [3.8, 4) is 11.5 Å². The molecule has 0 spiro atoms. The minimum atomic E-state index is -3.95. The molecule has 1 fully saturated rings. The van der Waals surface area contributed by atoms with Crippen molar-refractivity contribution in [1.29, 1.82) is 0 Å². The Morgan fingerprint density at radius 1 is 0.889 bits per heavy atom. The van der Waals surface area contributed by atoms with E-state index in [2.05, 4.69) is 48.6 Å². The van der Waals surface area contributed by atoms with E-state index in [1.165, 1.54) is 24.3 Å². The van der Waals surface area contributed by atoms with E-state index in [1.54, 1.807) is 42.7 Å². The number of nitrogens with one attached hydrogen (secondary N) is 2. The molecule has 1 saturated heterocycles. The fourth-order valence-electron chi connectivity index (χ4n) is 5.14. The first kappa shape index (κ1) is 31.7. The Morgan fingerprint density at radius 2 is 1.60 bits per heavy atom. The molecule has 11 nitrogen and oxygen atoms in total. The van der Waals surface area contributed by atoms with Gasteiger partial charge in [-0.1, -0.05) is 18.2 Å². The number of ether oxygens (including phenoxy) is 1. The third-order valence-electron chi connectivity index (χ3n) is 7.65. The van der Waals surface area contributed by atoms with E-state index in [1.807, 2.05) is 24.3 Å². The molecule has 0 aliphatic carbocycles. The number of anilines is 3. The highest BCUT2D eigenvalue weighted by atomic mass is 32.2. The van der Waals surface area contributed by atoms with Crippen LogP contribution in [0.25, 0.3) is 0 Å². The normalized spacial score (nSPS) is 13.7. The van der Waals surface area contributed by atoms with E-state index in [0.717, 1.165) is 50.9 Å². The van der Waals surface area contributed by atoms with Crippen LogP contribution in [0, 0.1) is 0 Å². The quantitative estimate of drug-likeness (QED) is 0.221. The average molecular weight is 630 g/mol. The molecule has 1 aliphatic rings. The fraction of sp³-hybridized carbons (Fsp3) is 0.303. The number of piperazine rings is 1. The van der Waals surface area contributed by atoms with Crippen molar-refractivity contribution in [2.45, 2.75) is 18.7 Å². The standard InChI is InChI=1S/C33H39N7O4S/c1-3-39(4-2)27-9-7-10-28(25-27)44-31-12-6-5-11-30(31)37-45(42,43)29-15-13-26(14-16-29)32(41)34-19-20-38-21-23-40(24-22-38)33-35-17-8-18-36-33/h5-18,25,37H,3-4,19-24H2,1-2H3,(H,34,41). The lowest BCUT2D eigenvalue weighted by Crippen LogP contribution is -2.49. The molecular formula is C33H39N7O4S. The molecule has 1 amide bonds. The van der Waals surface area contributed by atoms with E-state index in [0.29, 0.717) is 35.8 Å². The lowest BCUT2D eigenvalue weighted by Gasteiger charge is -2.34. The minimum absolute atomic E-state index is 0.0395. The van der Waals surface area contributed by atoms with Crippen molar-refractivity contribution < 1.29 is 17.9 Å². The fourth-order valence-corrected chi connectivity index (χ4v) is 6.21. The van der Waals surface area contributed by atoms with Gasteiger partial charge in [-0.15, -0.1) is 0 Å². The molecule has 0 bridgehead atoms. The second-order valence-electron chi connectivity index (χ2n) is 10.5. The highest BCUT2D eigenvalue weighted by Gasteiger charge is 2.20. The Balaban J connectivity index is 1.14. The Kier molecular flexibility index (Phi) is 10.5. The number of benzene rings is 3. The van der Waals surface area contributed by atoms with Gasteiger partial charge < -0.3 is 19.9 Å². The third-order valence-corrected chi connectivity index (χ3v) is 9.03. The van der Waals surface area contributed by atoms with Gasteiger partial charge in [-0.05, 0) is 68.4 Å². The summed E-state index contributed by atoms with van der Waals surface area (Å²) in [6.07, 6.45) is 3.48. The SMILES string of the molecule is CCN(CC)c1cccc(Oc2ccccc2NS(=O)(=O)c2ccc(C(=O)NCCN3CCN(c4ncccn4)CC3)cc2)c1. The lowest BCUT2D eigenvalue weighted by atomic mass is 10.2. The molecule has 2 N–H and O–H groups in total. The van der Waals surface area contributed by atoms with Crippen LogP contribution in [-0.2, 0) is 10.0 Å². The second kappa shape index (κ2) is 14.9. The summed E-state index contributed by atoms with van der Waals surface area (Å²) in [6.45, 7) is 10.4. The number of amides is 1. The molecule has 12 heteroatoms. The molecule has 5 rings (SSSR count). The van der Waals surface area contributed by atoms with Crippen molar-refractivity contribution in [3.63, 3.8) is 0 Å².